The molecule has 6 nitrogen and oxygen atoms in total. The van der Waals surface area contributed by atoms with Gasteiger partial charge < -0.3 is 19.1 Å². The molecule has 140 valence electrons. The quantitative estimate of drug-likeness (QED) is 0.582. The molecule has 0 aliphatic carbocycles. The van der Waals surface area contributed by atoms with Crippen molar-refractivity contribution in [1.29, 1.82) is 0 Å². The summed E-state index contributed by atoms with van der Waals surface area (Å²) in [7, 11) is 0. The van der Waals surface area contributed by atoms with Crippen LogP contribution >= 0.6 is 11.8 Å². The zero-order valence-electron chi connectivity index (χ0n) is 14.7. The first-order chi connectivity index (χ1) is 13.2. The summed E-state index contributed by atoms with van der Waals surface area (Å²) in [4.78, 5) is 26.9. The molecular formula is C20H19NO5S. The molecule has 2 heterocycles. The van der Waals surface area contributed by atoms with Crippen molar-refractivity contribution in [1.82, 2.24) is 0 Å². The summed E-state index contributed by atoms with van der Waals surface area (Å²) in [6, 6.07) is 13.3. The summed E-state index contributed by atoms with van der Waals surface area (Å²) < 4.78 is 16.2. The summed E-state index contributed by atoms with van der Waals surface area (Å²) in [6.07, 6.45) is 0.829. The van der Waals surface area contributed by atoms with Crippen LogP contribution in [0.3, 0.4) is 0 Å². The van der Waals surface area contributed by atoms with Gasteiger partial charge in [0.2, 0.25) is 0 Å². The van der Waals surface area contributed by atoms with Crippen LogP contribution in [0, 0.1) is 0 Å². The van der Waals surface area contributed by atoms with Crippen molar-refractivity contribution in [2.45, 2.75) is 11.3 Å². The van der Waals surface area contributed by atoms with E-state index in [2.05, 4.69) is 0 Å². The van der Waals surface area contributed by atoms with E-state index in [0.717, 1.165) is 22.6 Å². The van der Waals surface area contributed by atoms with E-state index in [1.54, 1.807) is 4.90 Å². The van der Waals surface area contributed by atoms with E-state index in [1.165, 1.54) is 11.8 Å². The fourth-order valence-corrected chi connectivity index (χ4v) is 3.84. The Labute approximate surface area is 161 Å². The van der Waals surface area contributed by atoms with Crippen molar-refractivity contribution in [2.24, 2.45) is 0 Å². The molecule has 2 aliphatic heterocycles. The molecule has 2 aromatic carbocycles. The van der Waals surface area contributed by atoms with Crippen molar-refractivity contribution in [3.8, 4) is 11.5 Å². The number of carbonyl (C=O) groups is 2. The molecule has 2 aliphatic rings. The van der Waals surface area contributed by atoms with Crippen molar-refractivity contribution in [3.63, 3.8) is 0 Å². The van der Waals surface area contributed by atoms with Crippen LogP contribution in [0.15, 0.2) is 47.4 Å². The van der Waals surface area contributed by atoms with E-state index in [0.29, 0.717) is 31.3 Å². The van der Waals surface area contributed by atoms with Gasteiger partial charge in [-0.25, -0.2) is 0 Å². The lowest BCUT2D eigenvalue weighted by Gasteiger charge is -2.18. The smallest absolute Gasteiger partial charge is 0.316 e. The lowest BCUT2D eigenvalue weighted by atomic mass is 10.2. The number of fused-ring (bicyclic) bond motifs is 2. The monoisotopic (exact) mass is 385 g/mol. The number of para-hydroxylation sites is 1. The number of ether oxygens (including phenoxy) is 3. The zero-order chi connectivity index (χ0) is 18.6. The van der Waals surface area contributed by atoms with E-state index in [1.807, 2.05) is 42.5 Å². The maximum Gasteiger partial charge on any atom is 0.316 e. The third-order valence-corrected chi connectivity index (χ3v) is 5.38. The highest BCUT2D eigenvalue weighted by Crippen LogP contribution is 2.34. The van der Waals surface area contributed by atoms with Gasteiger partial charge in [-0.1, -0.05) is 18.2 Å². The second-order valence-corrected chi connectivity index (χ2v) is 7.23. The Hall–Kier alpha value is -2.67. The largest absolute Gasteiger partial charge is 0.486 e. The molecule has 0 bridgehead atoms. The molecule has 1 amide bonds. The Balaban J connectivity index is 1.26. The maximum atomic E-state index is 12.4. The molecule has 27 heavy (non-hydrogen) atoms. The van der Waals surface area contributed by atoms with Crippen LogP contribution in [0.25, 0.3) is 0 Å². The van der Waals surface area contributed by atoms with Crippen molar-refractivity contribution < 1.29 is 23.8 Å². The van der Waals surface area contributed by atoms with E-state index in [-0.39, 0.29) is 18.3 Å². The number of benzene rings is 2. The molecule has 0 fully saturated rings. The maximum absolute atomic E-state index is 12.4. The van der Waals surface area contributed by atoms with Gasteiger partial charge in [0, 0.05) is 17.1 Å². The number of rotatable bonds is 5. The minimum Gasteiger partial charge on any atom is -0.486 e. The Morgan fingerprint density at radius 2 is 1.89 bits per heavy atom. The van der Waals surface area contributed by atoms with Crippen LogP contribution < -0.4 is 14.4 Å². The molecule has 0 saturated carbocycles. The molecule has 0 N–H and O–H groups in total. The molecular weight excluding hydrogens is 366 g/mol. The number of nitrogens with zero attached hydrogens (tertiary/aromatic N) is 1. The van der Waals surface area contributed by atoms with Crippen molar-refractivity contribution >= 4 is 29.3 Å². The van der Waals surface area contributed by atoms with Gasteiger partial charge >= 0.3 is 5.97 Å². The summed E-state index contributed by atoms with van der Waals surface area (Å²) in [5.74, 6) is 0.907. The van der Waals surface area contributed by atoms with E-state index >= 15 is 0 Å². The minimum atomic E-state index is -0.421. The molecule has 0 spiro atoms. The molecule has 0 radical (unpaired) electrons. The molecule has 0 unspecified atom stereocenters. The fourth-order valence-electron chi connectivity index (χ4n) is 3.11. The number of amides is 1. The van der Waals surface area contributed by atoms with Crippen LogP contribution in [0.4, 0.5) is 5.69 Å². The van der Waals surface area contributed by atoms with Crippen LogP contribution in [0.2, 0.25) is 0 Å². The van der Waals surface area contributed by atoms with Gasteiger partial charge in [-0.15, -0.1) is 11.8 Å². The Kier molecular flexibility index (Phi) is 5.20. The fraction of sp³-hybridized carbons (Fsp3) is 0.300. The average molecular weight is 385 g/mol. The van der Waals surface area contributed by atoms with Crippen LogP contribution in [0.1, 0.15) is 5.56 Å². The number of carbonyl (C=O) groups excluding carboxylic acids is 2. The standard InChI is InChI=1S/C20H19NO5S/c22-19(21-8-7-14-3-1-2-4-16(14)21)12-26-20(23)13-27-15-5-6-17-18(11-15)25-10-9-24-17/h1-6,11H,7-10,12-13H2. The second-order valence-electron chi connectivity index (χ2n) is 6.18. The molecule has 2 aromatic rings. The predicted octanol–water partition coefficient (Wildman–Crippen LogP) is 2.68. The van der Waals surface area contributed by atoms with Gasteiger partial charge in [0.25, 0.3) is 5.91 Å². The highest BCUT2D eigenvalue weighted by atomic mass is 32.2. The number of hydrogen-bond donors (Lipinski definition) is 0. The molecule has 0 aromatic heterocycles. The van der Waals surface area contributed by atoms with Crippen LogP contribution in [-0.2, 0) is 20.7 Å². The van der Waals surface area contributed by atoms with Crippen LogP contribution in [-0.4, -0.2) is 44.0 Å². The summed E-state index contributed by atoms with van der Waals surface area (Å²) in [6.45, 7) is 1.45. The Bertz CT molecular complexity index is 869. The van der Waals surface area contributed by atoms with E-state index < -0.39 is 5.97 Å². The first-order valence-electron chi connectivity index (χ1n) is 8.77. The highest BCUT2D eigenvalue weighted by Gasteiger charge is 2.24. The Morgan fingerprint density at radius 1 is 1.07 bits per heavy atom. The van der Waals surface area contributed by atoms with Gasteiger partial charge in [-0.05, 0) is 36.2 Å². The van der Waals surface area contributed by atoms with Gasteiger partial charge in [-0.3, -0.25) is 9.59 Å². The van der Waals surface area contributed by atoms with E-state index in [9.17, 15) is 9.59 Å². The third-order valence-electron chi connectivity index (χ3n) is 4.42. The molecule has 4 rings (SSSR count). The number of esters is 1. The third kappa shape index (κ3) is 4.03. The number of thioether (sulfide) groups is 1. The highest BCUT2D eigenvalue weighted by molar-refractivity contribution is 8.00. The van der Waals surface area contributed by atoms with Gasteiger partial charge in [-0.2, -0.15) is 0 Å². The van der Waals surface area contributed by atoms with Gasteiger partial charge in [0.1, 0.15) is 13.2 Å². The summed E-state index contributed by atoms with van der Waals surface area (Å²) in [5, 5.41) is 0. The lowest BCUT2D eigenvalue weighted by molar-refractivity contribution is -0.145. The van der Waals surface area contributed by atoms with Crippen molar-refractivity contribution in [2.75, 3.05) is 37.0 Å². The predicted molar refractivity (Wildman–Crippen MR) is 102 cm³/mol. The Morgan fingerprint density at radius 3 is 2.78 bits per heavy atom. The van der Waals surface area contributed by atoms with Crippen LogP contribution in [0.5, 0.6) is 11.5 Å². The average Bonchev–Trinajstić information content (AvgIpc) is 3.14. The topological polar surface area (TPSA) is 65.1 Å². The number of hydrogen-bond acceptors (Lipinski definition) is 6. The second kappa shape index (κ2) is 7.92. The molecule has 7 heteroatoms. The molecule has 0 saturated heterocycles. The SMILES string of the molecule is O=C(CSc1ccc2c(c1)OCCO2)OCC(=O)N1CCc2ccccc21. The normalized spacial score (nSPS) is 14.6. The molecule has 0 atom stereocenters. The first-order valence-corrected chi connectivity index (χ1v) is 9.75. The van der Waals surface area contributed by atoms with E-state index in [4.69, 9.17) is 14.2 Å². The minimum absolute atomic E-state index is 0.128. The zero-order valence-corrected chi connectivity index (χ0v) is 15.5. The van der Waals surface area contributed by atoms with Gasteiger partial charge in [0.05, 0.1) is 5.75 Å². The summed E-state index contributed by atoms with van der Waals surface area (Å²) in [5.41, 5.74) is 2.05. The van der Waals surface area contributed by atoms with Gasteiger partial charge in [0.15, 0.2) is 18.1 Å². The summed E-state index contributed by atoms with van der Waals surface area (Å²) >= 11 is 1.34. The van der Waals surface area contributed by atoms with Crippen molar-refractivity contribution in [3.05, 3.63) is 48.0 Å². The number of anilines is 1. The first kappa shape index (κ1) is 17.7. The lowest BCUT2D eigenvalue weighted by Crippen LogP contribution is -2.33.